The van der Waals surface area contributed by atoms with Gasteiger partial charge >= 0.3 is 0 Å². The number of pyridine rings is 1. The number of aryl methyl sites for hydroxylation is 1. The van der Waals surface area contributed by atoms with Crippen LogP contribution >= 0.6 is 0 Å². The standard InChI is InChI=1S/C9H10N2/c1-3-10-7-9-4-5-11-6-8(9)2/h3-7H,1H2,2H3. The lowest BCUT2D eigenvalue weighted by Crippen LogP contribution is -1.86. The second-order valence-electron chi connectivity index (χ2n) is 2.19. The first-order chi connectivity index (χ1) is 5.34. The molecule has 2 heteroatoms. The van der Waals surface area contributed by atoms with Gasteiger partial charge in [-0.05, 0) is 24.1 Å². The van der Waals surface area contributed by atoms with Crippen molar-refractivity contribution in [3.05, 3.63) is 42.4 Å². The molecule has 0 aliphatic rings. The van der Waals surface area contributed by atoms with Crippen LogP contribution in [0.25, 0.3) is 0 Å². The van der Waals surface area contributed by atoms with E-state index in [0.29, 0.717) is 0 Å². The molecule has 1 heterocycles. The molecule has 0 aromatic carbocycles. The summed E-state index contributed by atoms with van der Waals surface area (Å²) < 4.78 is 0. The summed E-state index contributed by atoms with van der Waals surface area (Å²) in [6.45, 7) is 5.49. The van der Waals surface area contributed by atoms with Crippen LogP contribution in [0.5, 0.6) is 0 Å². The third-order valence-electron chi connectivity index (χ3n) is 1.38. The number of aromatic nitrogens is 1. The van der Waals surface area contributed by atoms with Gasteiger partial charge in [0.25, 0.3) is 0 Å². The van der Waals surface area contributed by atoms with Gasteiger partial charge in [-0.15, -0.1) is 0 Å². The topological polar surface area (TPSA) is 25.2 Å². The summed E-state index contributed by atoms with van der Waals surface area (Å²) in [6, 6.07) is 1.92. The molecular weight excluding hydrogens is 136 g/mol. The van der Waals surface area contributed by atoms with Crippen LogP contribution < -0.4 is 0 Å². The number of aliphatic imine (C=N–C) groups is 1. The van der Waals surface area contributed by atoms with E-state index < -0.39 is 0 Å². The van der Waals surface area contributed by atoms with E-state index in [2.05, 4.69) is 16.6 Å². The van der Waals surface area contributed by atoms with Gasteiger partial charge in [0.15, 0.2) is 0 Å². The van der Waals surface area contributed by atoms with E-state index in [1.807, 2.05) is 19.2 Å². The minimum atomic E-state index is 1.08. The smallest absolute Gasteiger partial charge is 0.0343 e. The fourth-order valence-electron chi connectivity index (χ4n) is 0.762. The Hall–Kier alpha value is -1.44. The molecule has 0 N–H and O–H groups in total. The van der Waals surface area contributed by atoms with E-state index in [4.69, 9.17) is 0 Å². The van der Waals surface area contributed by atoms with Crippen molar-refractivity contribution in [2.24, 2.45) is 4.99 Å². The highest BCUT2D eigenvalue weighted by Crippen LogP contribution is 2.00. The van der Waals surface area contributed by atoms with Gasteiger partial charge < -0.3 is 0 Å². The Bertz CT molecular complexity index is 277. The van der Waals surface area contributed by atoms with E-state index in [9.17, 15) is 0 Å². The fourth-order valence-corrected chi connectivity index (χ4v) is 0.762. The first kappa shape index (κ1) is 7.66. The number of rotatable bonds is 2. The van der Waals surface area contributed by atoms with Crippen molar-refractivity contribution in [1.29, 1.82) is 0 Å². The molecule has 1 aromatic heterocycles. The SMILES string of the molecule is C=CN=Cc1ccncc1C. The fraction of sp³-hybridized carbons (Fsp3) is 0.111. The van der Waals surface area contributed by atoms with E-state index in [-0.39, 0.29) is 0 Å². The minimum absolute atomic E-state index is 1.08. The monoisotopic (exact) mass is 146 g/mol. The lowest BCUT2D eigenvalue weighted by Gasteiger charge is -1.94. The summed E-state index contributed by atoms with van der Waals surface area (Å²) in [7, 11) is 0. The molecule has 0 atom stereocenters. The quantitative estimate of drug-likeness (QED) is 0.585. The maximum absolute atomic E-state index is 3.97. The van der Waals surface area contributed by atoms with Crippen LogP contribution in [-0.2, 0) is 0 Å². The van der Waals surface area contributed by atoms with Crippen molar-refractivity contribution < 1.29 is 0 Å². The lowest BCUT2D eigenvalue weighted by atomic mass is 10.2. The van der Waals surface area contributed by atoms with Crippen molar-refractivity contribution in [1.82, 2.24) is 4.98 Å². The predicted molar refractivity (Wildman–Crippen MR) is 46.8 cm³/mol. The van der Waals surface area contributed by atoms with Crippen molar-refractivity contribution >= 4 is 6.21 Å². The van der Waals surface area contributed by atoms with Crippen molar-refractivity contribution in [3.63, 3.8) is 0 Å². The average Bonchev–Trinajstić information content (AvgIpc) is 2.03. The van der Waals surface area contributed by atoms with Crippen molar-refractivity contribution in [2.45, 2.75) is 6.92 Å². The molecule has 56 valence electrons. The van der Waals surface area contributed by atoms with Gasteiger partial charge in [0.1, 0.15) is 0 Å². The highest BCUT2D eigenvalue weighted by Gasteiger charge is 1.90. The Kier molecular flexibility index (Phi) is 2.55. The average molecular weight is 146 g/mol. The molecule has 0 fully saturated rings. The molecule has 2 nitrogen and oxygen atoms in total. The summed E-state index contributed by atoms with van der Waals surface area (Å²) in [4.78, 5) is 7.88. The Morgan fingerprint density at radius 1 is 1.64 bits per heavy atom. The molecule has 0 amide bonds. The van der Waals surface area contributed by atoms with Crippen LogP contribution in [0.4, 0.5) is 0 Å². The zero-order chi connectivity index (χ0) is 8.10. The van der Waals surface area contributed by atoms with Gasteiger partial charge in [-0.25, -0.2) is 0 Å². The second kappa shape index (κ2) is 3.66. The predicted octanol–water partition coefficient (Wildman–Crippen LogP) is 1.95. The lowest BCUT2D eigenvalue weighted by molar-refractivity contribution is 1.26. The molecule has 0 saturated heterocycles. The van der Waals surface area contributed by atoms with E-state index >= 15 is 0 Å². The normalized spacial score (nSPS) is 10.3. The van der Waals surface area contributed by atoms with Gasteiger partial charge in [-0.2, -0.15) is 0 Å². The van der Waals surface area contributed by atoms with Gasteiger partial charge in [0, 0.05) is 24.8 Å². The van der Waals surface area contributed by atoms with Crippen LogP contribution in [0.2, 0.25) is 0 Å². The largest absolute Gasteiger partial charge is 0.265 e. The highest BCUT2D eigenvalue weighted by molar-refractivity contribution is 5.81. The Labute approximate surface area is 66.3 Å². The zero-order valence-corrected chi connectivity index (χ0v) is 6.49. The van der Waals surface area contributed by atoms with Crippen LogP contribution in [0, 0.1) is 6.92 Å². The number of hydrogen-bond acceptors (Lipinski definition) is 2. The molecule has 0 aliphatic heterocycles. The molecule has 0 aliphatic carbocycles. The summed E-state index contributed by atoms with van der Waals surface area (Å²) in [5, 5.41) is 0. The molecule has 0 radical (unpaired) electrons. The van der Waals surface area contributed by atoms with Crippen LogP contribution in [0.15, 0.2) is 36.2 Å². The van der Waals surface area contributed by atoms with Gasteiger partial charge in [-0.3, -0.25) is 9.98 Å². The summed E-state index contributed by atoms with van der Waals surface area (Å²) in [5.41, 5.74) is 2.21. The number of hydrogen-bond donors (Lipinski definition) is 0. The molecular formula is C9H10N2. The molecule has 11 heavy (non-hydrogen) atoms. The Morgan fingerprint density at radius 3 is 3.09 bits per heavy atom. The van der Waals surface area contributed by atoms with Crippen LogP contribution in [0.3, 0.4) is 0 Å². The maximum atomic E-state index is 3.97. The van der Waals surface area contributed by atoms with E-state index in [0.717, 1.165) is 11.1 Å². The first-order valence-electron chi connectivity index (χ1n) is 3.39. The second-order valence-corrected chi connectivity index (χ2v) is 2.19. The van der Waals surface area contributed by atoms with Gasteiger partial charge in [0.05, 0.1) is 0 Å². The zero-order valence-electron chi connectivity index (χ0n) is 6.49. The van der Waals surface area contributed by atoms with E-state index in [1.165, 1.54) is 6.20 Å². The first-order valence-corrected chi connectivity index (χ1v) is 3.39. The van der Waals surface area contributed by atoms with Crippen LogP contribution in [-0.4, -0.2) is 11.2 Å². The van der Waals surface area contributed by atoms with Gasteiger partial charge in [0.2, 0.25) is 0 Å². The maximum Gasteiger partial charge on any atom is 0.0343 e. The molecule has 0 saturated carbocycles. The molecule has 0 bridgehead atoms. The van der Waals surface area contributed by atoms with Crippen molar-refractivity contribution in [2.75, 3.05) is 0 Å². The Morgan fingerprint density at radius 2 is 2.45 bits per heavy atom. The van der Waals surface area contributed by atoms with Gasteiger partial charge in [-0.1, -0.05) is 6.58 Å². The molecule has 0 unspecified atom stereocenters. The minimum Gasteiger partial charge on any atom is -0.265 e. The Balaban J connectivity index is 2.94. The summed E-state index contributed by atoms with van der Waals surface area (Å²) >= 11 is 0. The molecule has 1 aromatic rings. The third-order valence-corrected chi connectivity index (χ3v) is 1.38. The van der Waals surface area contributed by atoms with E-state index in [1.54, 1.807) is 12.4 Å². The summed E-state index contributed by atoms with van der Waals surface area (Å²) in [6.07, 6.45) is 6.84. The summed E-state index contributed by atoms with van der Waals surface area (Å²) in [5.74, 6) is 0. The highest BCUT2D eigenvalue weighted by atomic mass is 14.7. The van der Waals surface area contributed by atoms with Crippen LogP contribution in [0.1, 0.15) is 11.1 Å². The number of nitrogens with zero attached hydrogens (tertiary/aromatic N) is 2. The molecule has 1 rings (SSSR count). The third kappa shape index (κ3) is 2.00. The van der Waals surface area contributed by atoms with Crippen molar-refractivity contribution in [3.8, 4) is 0 Å². The molecule has 0 spiro atoms.